The lowest BCUT2D eigenvalue weighted by molar-refractivity contribution is 0.241. The minimum Gasteiger partial charge on any atom is -0.259 e. The Bertz CT molecular complexity index is 275. The third kappa shape index (κ3) is 6.28. The van der Waals surface area contributed by atoms with E-state index in [1.165, 1.54) is 57.8 Å². The molecule has 1 rings (SSSR count). The Balaban J connectivity index is 2.31. The van der Waals surface area contributed by atoms with Crippen molar-refractivity contribution < 1.29 is 4.21 Å². The monoisotopic (exact) mass is 300 g/mol. The molecule has 0 radical (unpaired) electrons. The van der Waals surface area contributed by atoms with Crippen LogP contribution in [0.3, 0.4) is 0 Å². The molecule has 0 aromatic heterocycles. The Morgan fingerprint density at radius 2 is 1.70 bits per heavy atom. The van der Waals surface area contributed by atoms with E-state index in [1.54, 1.807) is 0 Å². The fourth-order valence-electron chi connectivity index (χ4n) is 3.59. The molecule has 0 N–H and O–H groups in total. The largest absolute Gasteiger partial charge is 0.259 e. The second-order valence-corrected chi connectivity index (χ2v) is 8.99. The van der Waals surface area contributed by atoms with Crippen LogP contribution in [0.4, 0.5) is 0 Å². The van der Waals surface area contributed by atoms with E-state index < -0.39 is 10.8 Å². The maximum Gasteiger partial charge on any atom is 0.0381 e. The molecule has 20 heavy (non-hydrogen) atoms. The summed E-state index contributed by atoms with van der Waals surface area (Å²) in [5.74, 6) is 3.13. The molecular weight excluding hydrogens is 264 g/mol. The van der Waals surface area contributed by atoms with Crippen LogP contribution in [0.5, 0.6) is 0 Å². The van der Waals surface area contributed by atoms with Crippen molar-refractivity contribution in [3.63, 3.8) is 0 Å². The van der Waals surface area contributed by atoms with Gasteiger partial charge in [-0.3, -0.25) is 4.21 Å². The van der Waals surface area contributed by atoms with E-state index in [0.29, 0.717) is 17.1 Å². The first kappa shape index (κ1) is 18.2. The van der Waals surface area contributed by atoms with Gasteiger partial charge in [0, 0.05) is 21.8 Å². The molecule has 0 saturated heterocycles. The van der Waals surface area contributed by atoms with Crippen LogP contribution < -0.4 is 0 Å². The Morgan fingerprint density at radius 1 is 1.05 bits per heavy atom. The van der Waals surface area contributed by atoms with Gasteiger partial charge in [0.2, 0.25) is 0 Å². The number of rotatable bonds is 9. The van der Waals surface area contributed by atoms with E-state index in [0.717, 1.165) is 11.7 Å². The minimum absolute atomic E-state index is 0.481. The molecule has 1 fully saturated rings. The lowest BCUT2D eigenvalue weighted by Gasteiger charge is -2.36. The van der Waals surface area contributed by atoms with Crippen molar-refractivity contribution in [2.24, 2.45) is 17.8 Å². The Labute approximate surface area is 129 Å². The highest BCUT2D eigenvalue weighted by Crippen LogP contribution is 2.36. The number of hydrogen-bond donors (Lipinski definition) is 0. The summed E-state index contributed by atoms with van der Waals surface area (Å²) < 4.78 is 12.7. The Hall–Kier alpha value is 0.150. The summed E-state index contributed by atoms with van der Waals surface area (Å²) >= 11 is 0. The van der Waals surface area contributed by atoms with Crippen molar-refractivity contribution in [2.45, 2.75) is 90.7 Å². The first-order chi connectivity index (χ1) is 9.56. The molecule has 120 valence electrons. The van der Waals surface area contributed by atoms with Crippen molar-refractivity contribution in [1.82, 2.24) is 0 Å². The van der Waals surface area contributed by atoms with Gasteiger partial charge in [0.15, 0.2) is 0 Å². The molecule has 0 aliphatic heterocycles. The Morgan fingerprint density at radius 3 is 2.35 bits per heavy atom. The van der Waals surface area contributed by atoms with E-state index in [9.17, 15) is 4.21 Å². The minimum atomic E-state index is -0.585. The molecular formula is C18H36OS. The van der Waals surface area contributed by atoms with Crippen molar-refractivity contribution in [1.29, 1.82) is 0 Å². The van der Waals surface area contributed by atoms with Crippen LogP contribution in [0.1, 0.15) is 85.5 Å². The lowest BCUT2D eigenvalue weighted by atomic mass is 9.77. The van der Waals surface area contributed by atoms with Gasteiger partial charge in [-0.15, -0.1) is 0 Å². The summed E-state index contributed by atoms with van der Waals surface area (Å²) in [7, 11) is -0.585. The van der Waals surface area contributed by atoms with E-state index in [-0.39, 0.29) is 0 Å². The standard InChI is InChI=1S/C18H36OS/c1-5-6-7-8-9-10-13-20(19)18-14-16(4)11-12-17(18)15(2)3/h15-18H,5-14H2,1-4H3/t16?,17?,18-,20?/m1/s1. The molecule has 1 aliphatic carbocycles. The van der Waals surface area contributed by atoms with Crippen LogP contribution in [-0.2, 0) is 10.8 Å². The molecule has 0 spiro atoms. The maximum absolute atomic E-state index is 12.7. The zero-order valence-electron chi connectivity index (χ0n) is 14.2. The summed E-state index contributed by atoms with van der Waals surface area (Å²) in [6.07, 6.45) is 11.6. The van der Waals surface area contributed by atoms with Gasteiger partial charge in [-0.05, 0) is 37.0 Å². The molecule has 3 unspecified atom stereocenters. The van der Waals surface area contributed by atoms with Gasteiger partial charge in [0.25, 0.3) is 0 Å². The topological polar surface area (TPSA) is 17.1 Å². The van der Waals surface area contributed by atoms with Crippen molar-refractivity contribution >= 4 is 10.8 Å². The summed E-state index contributed by atoms with van der Waals surface area (Å²) in [5.41, 5.74) is 0. The zero-order valence-corrected chi connectivity index (χ0v) is 15.0. The van der Waals surface area contributed by atoms with Gasteiger partial charge in [-0.25, -0.2) is 0 Å². The summed E-state index contributed by atoms with van der Waals surface area (Å²) in [5, 5.41) is 0.481. The quantitative estimate of drug-likeness (QED) is 0.510. The van der Waals surface area contributed by atoms with Crippen molar-refractivity contribution in [3.05, 3.63) is 0 Å². The molecule has 0 aromatic carbocycles. The van der Waals surface area contributed by atoms with Crippen molar-refractivity contribution in [2.75, 3.05) is 5.75 Å². The van der Waals surface area contributed by atoms with Gasteiger partial charge >= 0.3 is 0 Å². The molecule has 2 heteroatoms. The molecule has 1 aliphatic rings. The highest BCUT2D eigenvalue weighted by molar-refractivity contribution is 7.85. The van der Waals surface area contributed by atoms with Crippen LogP contribution in [0.2, 0.25) is 0 Å². The van der Waals surface area contributed by atoms with E-state index in [1.807, 2.05) is 0 Å². The number of hydrogen-bond acceptors (Lipinski definition) is 1. The van der Waals surface area contributed by atoms with Gasteiger partial charge in [-0.1, -0.05) is 66.2 Å². The fraction of sp³-hybridized carbons (Fsp3) is 1.00. The first-order valence-electron chi connectivity index (χ1n) is 8.93. The van der Waals surface area contributed by atoms with E-state index in [4.69, 9.17) is 0 Å². The highest BCUT2D eigenvalue weighted by atomic mass is 32.2. The predicted molar refractivity (Wildman–Crippen MR) is 91.5 cm³/mol. The normalized spacial score (nSPS) is 28.8. The third-order valence-corrected chi connectivity index (χ3v) is 6.91. The van der Waals surface area contributed by atoms with Gasteiger partial charge in [0.05, 0.1) is 0 Å². The third-order valence-electron chi connectivity index (χ3n) is 5.00. The van der Waals surface area contributed by atoms with Crippen LogP contribution >= 0.6 is 0 Å². The predicted octanol–water partition coefficient (Wildman–Crippen LogP) is 5.56. The SMILES string of the molecule is CCCCCCCCS(=O)[C@@H]1CC(C)CCC1C(C)C. The van der Waals surface area contributed by atoms with Crippen molar-refractivity contribution in [3.8, 4) is 0 Å². The highest BCUT2D eigenvalue weighted by Gasteiger charge is 2.34. The molecule has 0 aromatic rings. The van der Waals surface area contributed by atoms with Crippen LogP contribution in [0, 0.1) is 17.8 Å². The maximum atomic E-state index is 12.7. The summed E-state index contributed by atoms with van der Waals surface area (Å²) in [6.45, 7) is 9.22. The van der Waals surface area contributed by atoms with Crippen LogP contribution in [0.25, 0.3) is 0 Å². The van der Waals surface area contributed by atoms with Crippen LogP contribution in [0.15, 0.2) is 0 Å². The molecule has 4 atom stereocenters. The molecule has 0 bridgehead atoms. The Kier molecular flexibility index (Phi) is 9.08. The second-order valence-electron chi connectivity index (χ2n) is 7.22. The number of unbranched alkanes of at least 4 members (excludes halogenated alkanes) is 5. The molecule has 0 amide bonds. The zero-order chi connectivity index (χ0) is 15.0. The average molecular weight is 301 g/mol. The summed E-state index contributed by atoms with van der Waals surface area (Å²) in [4.78, 5) is 0. The second kappa shape index (κ2) is 9.97. The van der Waals surface area contributed by atoms with Gasteiger partial charge in [-0.2, -0.15) is 0 Å². The first-order valence-corrected chi connectivity index (χ1v) is 10.3. The smallest absolute Gasteiger partial charge is 0.0381 e. The van der Waals surface area contributed by atoms with E-state index in [2.05, 4.69) is 27.7 Å². The molecule has 1 saturated carbocycles. The fourth-order valence-corrected chi connectivity index (χ4v) is 5.77. The molecule has 0 heterocycles. The van der Waals surface area contributed by atoms with Crippen LogP contribution in [-0.4, -0.2) is 15.2 Å². The van der Waals surface area contributed by atoms with E-state index >= 15 is 0 Å². The lowest BCUT2D eigenvalue weighted by Crippen LogP contribution is -2.36. The molecule has 1 nitrogen and oxygen atoms in total. The van der Waals surface area contributed by atoms with Gasteiger partial charge < -0.3 is 0 Å². The summed E-state index contributed by atoms with van der Waals surface area (Å²) in [6, 6.07) is 0. The average Bonchev–Trinajstić information content (AvgIpc) is 2.42. The van der Waals surface area contributed by atoms with Gasteiger partial charge in [0.1, 0.15) is 0 Å².